The monoisotopic (exact) mass is 381 g/mol. The van der Waals surface area contributed by atoms with E-state index in [4.69, 9.17) is 9.52 Å². The molecule has 1 heterocycles. The number of nitrogens with one attached hydrogen (secondary N) is 1. The number of carboxylic acids is 1. The Balaban J connectivity index is 1.76. The minimum atomic E-state index is -3.89. The Morgan fingerprint density at radius 3 is 2.44 bits per heavy atom. The molecule has 27 heavy (non-hydrogen) atoms. The third-order valence-corrected chi connectivity index (χ3v) is 5.63. The summed E-state index contributed by atoms with van der Waals surface area (Å²) in [5.41, 5.74) is 1.92. The second kappa shape index (κ2) is 6.44. The van der Waals surface area contributed by atoms with Gasteiger partial charge in [0, 0.05) is 10.8 Å². The summed E-state index contributed by atoms with van der Waals surface area (Å²) < 4.78 is 33.9. The molecule has 2 N–H and O–H groups in total. The van der Waals surface area contributed by atoms with Crippen molar-refractivity contribution in [3.05, 3.63) is 72.3 Å². The number of fused-ring (bicyclic) bond motifs is 3. The lowest BCUT2D eigenvalue weighted by atomic mass is 10.1. The molecule has 0 aliphatic rings. The van der Waals surface area contributed by atoms with E-state index in [-0.39, 0.29) is 17.0 Å². The third-order valence-electron chi connectivity index (χ3n) is 4.26. The van der Waals surface area contributed by atoms with E-state index in [1.807, 2.05) is 24.3 Å². The molecule has 0 amide bonds. The zero-order chi connectivity index (χ0) is 19.0. The van der Waals surface area contributed by atoms with Crippen molar-refractivity contribution in [2.45, 2.75) is 11.3 Å². The van der Waals surface area contributed by atoms with Gasteiger partial charge < -0.3 is 9.52 Å². The highest BCUT2D eigenvalue weighted by molar-refractivity contribution is 7.92. The van der Waals surface area contributed by atoms with Crippen molar-refractivity contribution in [2.24, 2.45) is 0 Å². The molecule has 0 fully saturated rings. The summed E-state index contributed by atoms with van der Waals surface area (Å²) in [5, 5.41) is 10.5. The lowest BCUT2D eigenvalue weighted by Crippen LogP contribution is -2.15. The number of anilines is 1. The largest absolute Gasteiger partial charge is 0.481 e. The van der Waals surface area contributed by atoms with Crippen molar-refractivity contribution in [1.29, 1.82) is 0 Å². The summed E-state index contributed by atoms with van der Waals surface area (Å²) in [6, 6.07) is 18.5. The summed E-state index contributed by atoms with van der Waals surface area (Å²) in [6.45, 7) is 0. The number of carboxylic acid groups (broad SMARTS) is 1. The number of furan rings is 1. The maximum atomic E-state index is 12.9. The molecule has 0 spiro atoms. The normalized spacial score (nSPS) is 11.7. The van der Waals surface area contributed by atoms with Crippen LogP contribution < -0.4 is 4.72 Å². The number of carbonyl (C=O) groups is 1. The van der Waals surface area contributed by atoms with Gasteiger partial charge in [0.25, 0.3) is 10.0 Å². The number of para-hydroxylation sites is 2. The minimum absolute atomic E-state index is 0.0756. The van der Waals surface area contributed by atoms with Crippen LogP contribution in [0.4, 0.5) is 5.69 Å². The fraction of sp³-hybridized carbons (Fsp3) is 0.0500. The van der Waals surface area contributed by atoms with Crippen molar-refractivity contribution < 1.29 is 22.7 Å². The average molecular weight is 381 g/mol. The first-order chi connectivity index (χ1) is 12.9. The second-order valence-corrected chi connectivity index (χ2v) is 7.77. The van der Waals surface area contributed by atoms with Crippen LogP contribution in [0.25, 0.3) is 21.9 Å². The molecule has 0 saturated heterocycles. The Kier molecular flexibility index (Phi) is 4.08. The van der Waals surface area contributed by atoms with E-state index in [0.717, 1.165) is 5.39 Å². The fourth-order valence-corrected chi connectivity index (χ4v) is 4.14. The maximum absolute atomic E-state index is 12.9. The first kappa shape index (κ1) is 17.1. The topological polar surface area (TPSA) is 96.6 Å². The van der Waals surface area contributed by atoms with Crippen molar-refractivity contribution in [1.82, 2.24) is 0 Å². The molecule has 0 unspecified atom stereocenters. The molecule has 4 aromatic rings. The van der Waals surface area contributed by atoms with Crippen LogP contribution in [0.2, 0.25) is 0 Å². The molecule has 0 aliphatic heterocycles. The van der Waals surface area contributed by atoms with E-state index in [9.17, 15) is 13.2 Å². The quantitative estimate of drug-likeness (QED) is 0.544. The summed E-state index contributed by atoms with van der Waals surface area (Å²) in [5.74, 6) is -1.03. The molecule has 7 heteroatoms. The highest BCUT2D eigenvalue weighted by atomic mass is 32.2. The van der Waals surface area contributed by atoms with Gasteiger partial charge in [-0.25, -0.2) is 8.42 Å². The Morgan fingerprint density at radius 1 is 0.926 bits per heavy atom. The zero-order valence-corrected chi connectivity index (χ0v) is 14.9. The van der Waals surface area contributed by atoms with Gasteiger partial charge in [-0.3, -0.25) is 9.52 Å². The third kappa shape index (κ3) is 3.24. The number of sulfonamides is 1. The van der Waals surface area contributed by atoms with Gasteiger partial charge in [0.05, 0.1) is 17.0 Å². The Hall–Kier alpha value is -3.32. The van der Waals surface area contributed by atoms with E-state index < -0.39 is 16.0 Å². The van der Waals surface area contributed by atoms with Gasteiger partial charge in [0.2, 0.25) is 0 Å². The van der Waals surface area contributed by atoms with E-state index in [1.54, 1.807) is 36.4 Å². The van der Waals surface area contributed by atoms with E-state index in [1.165, 1.54) is 6.07 Å². The fourth-order valence-electron chi connectivity index (χ4n) is 3.01. The van der Waals surface area contributed by atoms with Crippen molar-refractivity contribution >= 4 is 43.6 Å². The summed E-state index contributed by atoms with van der Waals surface area (Å²) in [4.78, 5) is 11.1. The van der Waals surface area contributed by atoms with Crippen LogP contribution in [0.5, 0.6) is 0 Å². The minimum Gasteiger partial charge on any atom is -0.481 e. The molecule has 1 aromatic heterocycles. The van der Waals surface area contributed by atoms with Gasteiger partial charge in [-0.2, -0.15) is 0 Å². The van der Waals surface area contributed by atoms with E-state index in [0.29, 0.717) is 22.1 Å². The molecule has 0 aliphatic carbocycles. The van der Waals surface area contributed by atoms with Crippen LogP contribution in [-0.4, -0.2) is 19.5 Å². The lowest BCUT2D eigenvalue weighted by molar-refractivity contribution is -0.136. The summed E-state index contributed by atoms with van der Waals surface area (Å²) in [6.07, 6.45) is -0.274. The van der Waals surface area contributed by atoms with Crippen molar-refractivity contribution in [3.8, 4) is 0 Å². The highest BCUT2D eigenvalue weighted by Crippen LogP contribution is 2.31. The van der Waals surface area contributed by atoms with Gasteiger partial charge in [-0.15, -0.1) is 0 Å². The van der Waals surface area contributed by atoms with Gasteiger partial charge in [0.15, 0.2) is 0 Å². The Morgan fingerprint density at radius 2 is 1.63 bits per heavy atom. The predicted molar refractivity (Wildman–Crippen MR) is 102 cm³/mol. The number of rotatable bonds is 5. The first-order valence-electron chi connectivity index (χ1n) is 8.18. The van der Waals surface area contributed by atoms with Gasteiger partial charge >= 0.3 is 5.97 Å². The smallest absolute Gasteiger partial charge is 0.307 e. The predicted octanol–water partition coefficient (Wildman–Crippen LogP) is 4.01. The van der Waals surface area contributed by atoms with Crippen LogP contribution in [0.3, 0.4) is 0 Å². The van der Waals surface area contributed by atoms with Gasteiger partial charge in [-0.05, 0) is 35.9 Å². The van der Waals surface area contributed by atoms with E-state index in [2.05, 4.69) is 4.72 Å². The molecule has 0 bridgehead atoms. The second-order valence-electron chi connectivity index (χ2n) is 6.09. The van der Waals surface area contributed by atoms with E-state index >= 15 is 0 Å². The molecule has 0 atom stereocenters. The number of benzene rings is 3. The first-order valence-corrected chi connectivity index (χ1v) is 9.66. The van der Waals surface area contributed by atoms with Crippen LogP contribution in [0.1, 0.15) is 5.56 Å². The molecule has 3 aromatic carbocycles. The van der Waals surface area contributed by atoms with Gasteiger partial charge in [-0.1, -0.05) is 36.4 Å². The van der Waals surface area contributed by atoms with Crippen LogP contribution in [0, 0.1) is 0 Å². The number of hydrogen-bond acceptors (Lipinski definition) is 4. The Labute approximate surface area is 155 Å². The zero-order valence-electron chi connectivity index (χ0n) is 14.0. The molecule has 6 nitrogen and oxygen atoms in total. The molecule has 4 rings (SSSR count). The number of hydrogen-bond donors (Lipinski definition) is 2. The van der Waals surface area contributed by atoms with Crippen molar-refractivity contribution in [2.75, 3.05) is 4.72 Å². The Bertz CT molecular complexity index is 1270. The average Bonchev–Trinajstić information content (AvgIpc) is 3.00. The van der Waals surface area contributed by atoms with Crippen LogP contribution >= 0.6 is 0 Å². The lowest BCUT2D eigenvalue weighted by Gasteiger charge is -2.11. The molecule has 0 saturated carbocycles. The summed E-state index contributed by atoms with van der Waals surface area (Å²) in [7, 11) is -3.89. The molecular formula is C20H15NO5S. The molecule has 136 valence electrons. The highest BCUT2D eigenvalue weighted by Gasteiger charge is 2.18. The molecular weight excluding hydrogens is 366 g/mol. The number of aliphatic carboxylic acids is 1. The molecule has 0 radical (unpaired) electrons. The van der Waals surface area contributed by atoms with Crippen molar-refractivity contribution in [3.63, 3.8) is 0 Å². The van der Waals surface area contributed by atoms with Crippen LogP contribution in [0.15, 0.2) is 76.0 Å². The maximum Gasteiger partial charge on any atom is 0.307 e. The SMILES string of the molecule is O=C(O)Cc1ccccc1NS(=O)(=O)c1ccc2oc3ccccc3c2c1. The van der Waals surface area contributed by atoms with Crippen LogP contribution in [-0.2, 0) is 21.2 Å². The summed E-state index contributed by atoms with van der Waals surface area (Å²) >= 11 is 0. The van der Waals surface area contributed by atoms with Gasteiger partial charge in [0.1, 0.15) is 11.2 Å². The standard InChI is InChI=1S/C20H15NO5S/c22-20(23)11-13-5-1-3-7-17(13)21-27(24,25)14-9-10-19-16(12-14)15-6-2-4-8-18(15)26-19/h1-10,12,21H,11H2,(H,22,23).